The molecular formula is C93H107N9O3. The average Bonchev–Trinajstić information content (AvgIpc) is 1.65. The van der Waals surface area contributed by atoms with Crippen LogP contribution in [-0.2, 0) is 16.1 Å². The summed E-state index contributed by atoms with van der Waals surface area (Å²) in [7, 11) is 0. The second kappa shape index (κ2) is 26.0. The van der Waals surface area contributed by atoms with Crippen LogP contribution in [-0.4, -0.2) is 61.1 Å². The van der Waals surface area contributed by atoms with Gasteiger partial charge in [-0.25, -0.2) is 24.3 Å². The van der Waals surface area contributed by atoms with Crippen LogP contribution in [0.1, 0.15) is 188 Å². The molecular weight excluding hydrogens is 1290 g/mol. The number of pyridine rings is 1. The largest absolute Gasteiger partial charge is 0.441 e. The molecule has 18 atom stereocenters. The number of fused-ring (bicyclic) bond motifs is 18. The summed E-state index contributed by atoms with van der Waals surface area (Å²) >= 11 is 0. The van der Waals surface area contributed by atoms with Crippen molar-refractivity contribution in [1.82, 2.24) is 42.8 Å². The van der Waals surface area contributed by atoms with Crippen LogP contribution in [0.2, 0.25) is 0 Å². The molecule has 6 saturated carbocycles. The molecule has 12 unspecified atom stereocenters. The van der Waals surface area contributed by atoms with E-state index in [1.807, 2.05) is 31.2 Å². The zero-order valence-corrected chi connectivity index (χ0v) is 62.8. The molecule has 6 aromatic heterocycles. The van der Waals surface area contributed by atoms with Gasteiger partial charge < -0.3 is 27.7 Å². The molecule has 6 heterocycles. The predicted octanol–water partition coefficient (Wildman–Crippen LogP) is 22.2. The lowest BCUT2D eigenvalue weighted by atomic mass is 9.47. The Balaban J connectivity index is 0.000000108. The summed E-state index contributed by atoms with van der Waals surface area (Å²) in [4.78, 5) is 29.6. The minimum Gasteiger partial charge on any atom is -0.441 e. The van der Waals surface area contributed by atoms with Crippen molar-refractivity contribution in [1.29, 1.82) is 0 Å². The Morgan fingerprint density at radius 3 is 1.45 bits per heavy atom. The van der Waals surface area contributed by atoms with Gasteiger partial charge >= 0.3 is 6.09 Å². The monoisotopic (exact) mass is 1400 g/mol. The van der Waals surface area contributed by atoms with Crippen molar-refractivity contribution < 1.29 is 14.3 Å². The molecule has 6 fully saturated rings. The molecule has 12 heteroatoms. The quantitative estimate of drug-likeness (QED) is 0.139. The maximum Gasteiger partial charge on any atom is 0.419 e. The molecule has 105 heavy (non-hydrogen) atoms. The van der Waals surface area contributed by atoms with Gasteiger partial charge in [-0.3, -0.25) is 4.98 Å². The lowest BCUT2D eigenvalue weighted by Crippen LogP contribution is -2.50. The topological polar surface area (TPSA) is 112 Å². The summed E-state index contributed by atoms with van der Waals surface area (Å²) in [6, 6.07) is 35.4. The first-order valence-electron chi connectivity index (χ1n) is 40.6. The molecule has 542 valence electrons. The average molecular weight is 1400 g/mol. The van der Waals surface area contributed by atoms with E-state index in [0.717, 1.165) is 72.6 Å². The Labute approximate surface area is 620 Å². The van der Waals surface area contributed by atoms with Gasteiger partial charge in [-0.1, -0.05) is 137 Å². The van der Waals surface area contributed by atoms with Crippen LogP contribution >= 0.6 is 0 Å². The van der Waals surface area contributed by atoms with Crippen LogP contribution in [0.25, 0.3) is 49.9 Å². The lowest BCUT2D eigenvalue weighted by Gasteiger charge is -2.58. The Morgan fingerprint density at radius 2 is 0.905 bits per heavy atom. The maximum absolute atomic E-state index is 12.5. The lowest BCUT2D eigenvalue weighted by molar-refractivity contribution is -0.0366. The Kier molecular flexibility index (Phi) is 16.6. The van der Waals surface area contributed by atoms with Gasteiger partial charge in [0.05, 0.1) is 47.1 Å². The highest BCUT2D eigenvalue weighted by Gasteiger charge is 2.61. The third kappa shape index (κ3) is 11.0. The van der Waals surface area contributed by atoms with Crippen molar-refractivity contribution in [2.75, 3.05) is 0 Å². The highest BCUT2D eigenvalue weighted by molar-refractivity contribution is 5.86. The molecule has 12 aliphatic carbocycles. The van der Waals surface area contributed by atoms with Crippen LogP contribution in [0.5, 0.6) is 0 Å². The Hall–Kier alpha value is -8.35. The number of ether oxygens (including phenoxy) is 2. The number of rotatable bonds is 8. The number of imidazole rings is 3. The van der Waals surface area contributed by atoms with Gasteiger partial charge in [0.1, 0.15) is 18.8 Å². The molecule has 0 saturated heterocycles. The van der Waals surface area contributed by atoms with E-state index in [9.17, 15) is 4.79 Å². The van der Waals surface area contributed by atoms with Gasteiger partial charge in [0.25, 0.3) is 0 Å². The first kappa shape index (κ1) is 67.3. The van der Waals surface area contributed by atoms with E-state index in [4.69, 9.17) is 14.5 Å². The van der Waals surface area contributed by atoms with Crippen molar-refractivity contribution in [3.05, 3.63) is 224 Å². The van der Waals surface area contributed by atoms with Gasteiger partial charge in [0, 0.05) is 82.9 Å². The second-order valence-electron chi connectivity index (χ2n) is 35.8. The fourth-order valence-corrected chi connectivity index (χ4v) is 25.8. The number of para-hydroxylation sites is 4. The number of allylic oxidation sites excluding steroid dienone is 10. The maximum atomic E-state index is 12.5. The first-order chi connectivity index (χ1) is 51.1. The smallest absolute Gasteiger partial charge is 0.419 e. The molecule has 0 bridgehead atoms. The number of hydrogen-bond acceptors (Lipinski definition) is 7. The molecule has 0 spiro atoms. The summed E-state index contributed by atoms with van der Waals surface area (Å²) in [6.45, 7) is 16.1. The van der Waals surface area contributed by atoms with Gasteiger partial charge in [-0.2, -0.15) is 0 Å². The van der Waals surface area contributed by atoms with E-state index in [2.05, 4.69) is 227 Å². The van der Waals surface area contributed by atoms with Crippen LogP contribution < -0.4 is 0 Å². The number of benzene rings is 3. The van der Waals surface area contributed by atoms with Gasteiger partial charge in [0.2, 0.25) is 0 Å². The van der Waals surface area contributed by atoms with E-state index in [1.54, 1.807) is 34.9 Å². The molecule has 0 radical (unpaired) electrons. The van der Waals surface area contributed by atoms with Gasteiger partial charge in [-0.15, -0.1) is 0 Å². The van der Waals surface area contributed by atoms with Crippen LogP contribution in [0.3, 0.4) is 0 Å². The molecule has 0 aliphatic heterocycles. The van der Waals surface area contributed by atoms with Crippen molar-refractivity contribution in [2.24, 2.45) is 85.8 Å². The van der Waals surface area contributed by atoms with Crippen molar-refractivity contribution >= 4 is 56.0 Å². The number of carbonyl (C=O) groups excluding carboxylic acids is 1. The second-order valence-corrected chi connectivity index (χ2v) is 35.8. The van der Waals surface area contributed by atoms with Gasteiger partial charge in [-0.05, 0) is 275 Å². The van der Waals surface area contributed by atoms with E-state index < -0.39 is 0 Å². The fraction of sp³-hybridized carbons (Fsp3) is 0.495. The minimum atomic E-state index is -0.336. The molecule has 9 aromatic rings. The van der Waals surface area contributed by atoms with Crippen molar-refractivity contribution in [2.45, 2.75) is 201 Å². The van der Waals surface area contributed by atoms with Crippen LogP contribution in [0.15, 0.2) is 219 Å². The van der Waals surface area contributed by atoms with E-state index in [0.29, 0.717) is 40.7 Å². The number of aromatic nitrogens is 9. The molecule has 12 nitrogen and oxygen atoms in total. The fourth-order valence-electron chi connectivity index (χ4n) is 25.8. The Bertz CT molecular complexity index is 4960. The first-order valence-corrected chi connectivity index (χ1v) is 40.6. The number of hydrogen-bond donors (Lipinski definition) is 0. The normalized spacial score (nSPS) is 36.2. The summed E-state index contributed by atoms with van der Waals surface area (Å²) in [5.74, 6) is 7.01. The SMILES string of the molecule is C[C@]12CCC(OC(=O)n3ccnc3)C=C1CCC1C2CC[C@]2(C)C(n3cnc4ccccc43)=CCC12.C[C@]12CCC(OCc3ccncc3)C=C1CCC1C2CC[C@]2(C)C(n3ccc4ccccc43)=CCC12.C[C@]12CCC(n3ccnc3)C=C1CCC1C2CC[C@]2(C)C(n3ccc4ccccc43)=CCC12. The zero-order valence-electron chi connectivity index (χ0n) is 62.8. The summed E-state index contributed by atoms with van der Waals surface area (Å²) in [5, 5.41) is 2.70. The van der Waals surface area contributed by atoms with Crippen LogP contribution in [0.4, 0.5) is 4.79 Å². The van der Waals surface area contributed by atoms with Gasteiger partial charge in [0.15, 0.2) is 0 Å². The standard InChI is InChI=1S/C33H38N2O.C30H34N4O2.C30H35N3/c1-32-16-11-26(36-22-23-13-18-34-19-14-23)21-25(32)7-8-27-28-9-10-31(33(28,2)17-12-29(27)32)35-20-15-24-5-3-4-6-30(24)35;1-29-13-11-21(36-28(35)33-16-15-31-18-33)17-20(29)7-8-22-23-9-10-27(30(23,2)14-12-24(22)29)34-19-32-25-5-3-4-6-26(25)34;1-29-14-11-23(32-18-16-31-20-32)19-22(29)7-8-24-25-9-10-28(30(25,2)15-12-26(24)29)33-17-13-21-5-3-4-6-27(21)33/h3-6,10,13-15,18-21,26-29H,7-9,11-12,16-17,22H2,1-2H3;3-6,10,15-19,21-24H,7-9,11-14H2,1-2H3;3-6,10,13,16-20,23-26H,7-9,11-12,14-15H2,1-2H3/t26?,27?,28?,29?,32-,33-;21?,22?,23?,24?,29-,30-;23?,24?,25?,26?,29-,30-/m000/s1. The highest BCUT2D eigenvalue weighted by atomic mass is 16.6. The molecule has 21 rings (SSSR count). The zero-order chi connectivity index (χ0) is 71.0. The summed E-state index contributed by atoms with van der Waals surface area (Å²) in [5.41, 5.74) is 17.5. The molecule has 0 N–H and O–H groups in total. The van der Waals surface area contributed by atoms with Crippen molar-refractivity contribution in [3.8, 4) is 0 Å². The molecule has 12 aliphatic rings. The third-order valence-electron chi connectivity index (χ3n) is 31.4. The van der Waals surface area contributed by atoms with E-state index in [-0.39, 0.29) is 34.5 Å². The van der Waals surface area contributed by atoms with Crippen molar-refractivity contribution in [3.63, 3.8) is 0 Å². The van der Waals surface area contributed by atoms with Crippen LogP contribution in [0, 0.1) is 85.8 Å². The predicted molar refractivity (Wildman–Crippen MR) is 420 cm³/mol. The van der Waals surface area contributed by atoms with E-state index in [1.165, 1.54) is 164 Å². The molecule has 3 aromatic carbocycles. The number of nitrogens with zero attached hydrogens (tertiary/aromatic N) is 9. The summed E-state index contributed by atoms with van der Waals surface area (Å²) < 4.78 is 23.3. The number of carbonyl (C=O) groups is 1. The molecule has 0 amide bonds. The Morgan fingerprint density at radius 1 is 0.429 bits per heavy atom. The highest BCUT2D eigenvalue weighted by Crippen LogP contribution is 2.70. The third-order valence-corrected chi connectivity index (χ3v) is 31.4. The summed E-state index contributed by atoms with van der Waals surface area (Å²) in [6.07, 6.45) is 62.2. The van der Waals surface area contributed by atoms with E-state index >= 15 is 0 Å². The minimum absolute atomic E-state index is 0.136.